The Bertz CT molecular complexity index is 947. The van der Waals surface area contributed by atoms with Crippen molar-refractivity contribution in [2.45, 2.75) is 57.3 Å². The highest BCUT2D eigenvalue weighted by molar-refractivity contribution is 7.92. The lowest BCUT2D eigenvalue weighted by molar-refractivity contribution is 0.0723. The van der Waals surface area contributed by atoms with Crippen LogP contribution in [0.2, 0.25) is 0 Å². The molecule has 6 heteroatoms. The van der Waals surface area contributed by atoms with Gasteiger partial charge in [-0.25, -0.2) is 8.42 Å². The van der Waals surface area contributed by atoms with E-state index in [1.165, 1.54) is 11.6 Å². The molecule has 1 aliphatic heterocycles. The summed E-state index contributed by atoms with van der Waals surface area (Å²) in [6.45, 7) is 5.46. The minimum Gasteiger partial charge on any atom is -0.339 e. The zero-order chi connectivity index (χ0) is 20.9. The quantitative estimate of drug-likeness (QED) is 0.710. The van der Waals surface area contributed by atoms with Gasteiger partial charge in [-0.15, -0.1) is 0 Å². The molecule has 0 bridgehead atoms. The van der Waals surface area contributed by atoms with Crippen LogP contribution in [0.5, 0.6) is 0 Å². The molecule has 29 heavy (non-hydrogen) atoms. The topological polar surface area (TPSA) is 66.5 Å². The van der Waals surface area contributed by atoms with Gasteiger partial charge in [0.15, 0.2) is 0 Å². The van der Waals surface area contributed by atoms with Gasteiger partial charge in [-0.3, -0.25) is 9.52 Å². The number of rotatable bonds is 7. The van der Waals surface area contributed by atoms with E-state index >= 15 is 0 Å². The van der Waals surface area contributed by atoms with Gasteiger partial charge in [0, 0.05) is 24.3 Å². The number of likely N-dealkylation sites (tertiary alicyclic amines) is 1. The van der Waals surface area contributed by atoms with Crippen LogP contribution < -0.4 is 4.72 Å². The second-order valence-electron chi connectivity index (χ2n) is 7.74. The number of nitrogens with zero attached hydrogens (tertiary/aromatic N) is 1. The van der Waals surface area contributed by atoms with Gasteiger partial charge in [0.25, 0.3) is 15.9 Å². The summed E-state index contributed by atoms with van der Waals surface area (Å²) in [5, 5.41) is 0. The lowest BCUT2D eigenvalue weighted by atomic mass is 10.1. The maximum atomic E-state index is 12.9. The third-order valence-corrected chi connectivity index (χ3v) is 6.80. The summed E-state index contributed by atoms with van der Waals surface area (Å²) in [5.41, 5.74) is 2.97. The van der Waals surface area contributed by atoms with E-state index in [-0.39, 0.29) is 10.8 Å². The number of amides is 1. The fraction of sp³-hybridized carbons (Fsp3) is 0.435. The molecule has 1 aliphatic rings. The molecule has 0 aliphatic carbocycles. The van der Waals surface area contributed by atoms with Gasteiger partial charge in [-0.05, 0) is 74.4 Å². The van der Waals surface area contributed by atoms with Gasteiger partial charge in [0.2, 0.25) is 0 Å². The zero-order valence-electron chi connectivity index (χ0n) is 17.3. The molecule has 0 radical (unpaired) electrons. The van der Waals surface area contributed by atoms with Crippen LogP contribution >= 0.6 is 0 Å². The van der Waals surface area contributed by atoms with Crippen LogP contribution in [0, 0.1) is 6.92 Å². The predicted octanol–water partition coefficient (Wildman–Crippen LogP) is 4.76. The molecule has 1 amide bonds. The first kappa shape index (κ1) is 21.4. The molecule has 2 aromatic carbocycles. The molecule has 1 heterocycles. The Labute approximate surface area is 174 Å². The van der Waals surface area contributed by atoms with Gasteiger partial charge in [0.1, 0.15) is 0 Å². The van der Waals surface area contributed by atoms with Gasteiger partial charge in [0.05, 0.1) is 4.90 Å². The lowest BCUT2D eigenvalue weighted by Gasteiger charge is -2.27. The Kier molecular flexibility index (Phi) is 6.96. The van der Waals surface area contributed by atoms with Crippen LogP contribution in [0.25, 0.3) is 0 Å². The molecule has 0 saturated carbocycles. The lowest BCUT2D eigenvalue weighted by Crippen LogP contribution is -2.36. The number of carbonyl (C=O) groups is 1. The predicted molar refractivity (Wildman–Crippen MR) is 117 cm³/mol. The van der Waals surface area contributed by atoms with Crippen molar-refractivity contribution in [2.24, 2.45) is 0 Å². The first-order valence-corrected chi connectivity index (χ1v) is 11.9. The maximum absolute atomic E-state index is 12.9. The molecule has 0 aromatic heterocycles. The molecule has 0 unspecified atom stereocenters. The maximum Gasteiger partial charge on any atom is 0.261 e. The number of hydrogen-bond donors (Lipinski definition) is 1. The number of unbranched alkanes of at least 4 members (excludes halogenated alkanes) is 1. The van der Waals surface area contributed by atoms with E-state index in [2.05, 4.69) is 11.6 Å². The van der Waals surface area contributed by atoms with Gasteiger partial charge in [-0.1, -0.05) is 31.5 Å². The van der Waals surface area contributed by atoms with Crippen molar-refractivity contribution in [3.63, 3.8) is 0 Å². The van der Waals surface area contributed by atoms with Gasteiger partial charge in [-0.2, -0.15) is 0 Å². The van der Waals surface area contributed by atoms with Crippen molar-refractivity contribution >= 4 is 21.6 Å². The molecular formula is C23H30N2O3S. The zero-order valence-corrected chi connectivity index (χ0v) is 18.1. The highest BCUT2D eigenvalue weighted by Gasteiger charge is 2.23. The van der Waals surface area contributed by atoms with Gasteiger partial charge >= 0.3 is 0 Å². The summed E-state index contributed by atoms with van der Waals surface area (Å²) >= 11 is 0. The standard InChI is InChI=1S/C23H30N2O3S/c1-3-4-8-19-10-12-20(13-11-19)24-29(27,28)21-14-9-18(2)22(17-21)23(26)25-15-6-5-7-16-25/h9-14,17,24H,3-8,15-16H2,1-2H3. The van der Waals surface area contributed by atoms with E-state index < -0.39 is 10.0 Å². The number of sulfonamides is 1. The van der Waals surface area contributed by atoms with E-state index in [9.17, 15) is 13.2 Å². The average molecular weight is 415 g/mol. The van der Waals surface area contributed by atoms with Crippen LogP contribution in [0.1, 0.15) is 60.5 Å². The van der Waals surface area contributed by atoms with Crippen molar-refractivity contribution in [3.05, 3.63) is 59.2 Å². The number of piperidine rings is 1. The molecule has 2 aromatic rings. The fourth-order valence-electron chi connectivity index (χ4n) is 3.60. The Morgan fingerprint density at radius 2 is 1.72 bits per heavy atom. The summed E-state index contributed by atoms with van der Waals surface area (Å²) < 4.78 is 28.4. The van der Waals surface area contributed by atoms with Crippen LogP contribution in [0.3, 0.4) is 0 Å². The van der Waals surface area contributed by atoms with E-state index in [4.69, 9.17) is 0 Å². The van der Waals surface area contributed by atoms with E-state index in [0.717, 1.165) is 57.2 Å². The summed E-state index contributed by atoms with van der Waals surface area (Å²) in [5.74, 6) is -0.0838. The van der Waals surface area contributed by atoms with Crippen LogP contribution in [0.15, 0.2) is 47.4 Å². The second kappa shape index (κ2) is 9.44. The monoisotopic (exact) mass is 414 g/mol. The van der Waals surface area contributed by atoms with E-state index in [1.54, 1.807) is 24.3 Å². The summed E-state index contributed by atoms with van der Waals surface area (Å²) in [6, 6.07) is 12.2. The summed E-state index contributed by atoms with van der Waals surface area (Å²) in [6.07, 6.45) is 6.36. The number of anilines is 1. The van der Waals surface area contributed by atoms with Crippen LogP contribution in [-0.4, -0.2) is 32.3 Å². The molecule has 5 nitrogen and oxygen atoms in total. The number of aryl methyl sites for hydroxylation is 2. The Morgan fingerprint density at radius 3 is 2.38 bits per heavy atom. The molecule has 1 N–H and O–H groups in total. The van der Waals surface area contributed by atoms with Crippen molar-refractivity contribution in [1.29, 1.82) is 0 Å². The van der Waals surface area contributed by atoms with Crippen LogP contribution in [-0.2, 0) is 16.4 Å². The van der Waals surface area contributed by atoms with E-state index in [1.807, 2.05) is 24.0 Å². The smallest absolute Gasteiger partial charge is 0.261 e. The van der Waals surface area contributed by atoms with Crippen LogP contribution in [0.4, 0.5) is 5.69 Å². The minimum absolute atomic E-state index is 0.0838. The van der Waals surface area contributed by atoms with Crippen molar-refractivity contribution < 1.29 is 13.2 Å². The SMILES string of the molecule is CCCCc1ccc(NS(=O)(=O)c2ccc(C)c(C(=O)N3CCCCC3)c2)cc1. The molecular weight excluding hydrogens is 384 g/mol. The van der Waals surface area contributed by atoms with Gasteiger partial charge < -0.3 is 4.90 Å². The number of hydrogen-bond acceptors (Lipinski definition) is 3. The van der Waals surface area contributed by atoms with E-state index in [0.29, 0.717) is 11.3 Å². The number of benzene rings is 2. The Balaban J connectivity index is 1.79. The second-order valence-corrected chi connectivity index (χ2v) is 9.42. The fourth-order valence-corrected chi connectivity index (χ4v) is 4.68. The molecule has 1 fully saturated rings. The summed E-state index contributed by atoms with van der Waals surface area (Å²) in [4.78, 5) is 14.8. The first-order chi connectivity index (χ1) is 13.9. The highest BCUT2D eigenvalue weighted by Crippen LogP contribution is 2.22. The van der Waals surface area contributed by atoms with Crippen molar-refractivity contribution in [2.75, 3.05) is 17.8 Å². The Hall–Kier alpha value is -2.34. The molecule has 0 atom stereocenters. The molecule has 0 spiro atoms. The van der Waals surface area contributed by atoms with Crippen molar-refractivity contribution in [1.82, 2.24) is 4.90 Å². The average Bonchev–Trinajstić information content (AvgIpc) is 2.73. The Morgan fingerprint density at radius 1 is 1.03 bits per heavy atom. The number of carbonyl (C=O) groups excluding carboxylic acids is 1. The number of nitrogens with one attached hydrogen (secondary N) is 1. The first-order valence-electron chi connectivity index (χ1n) is 10.4. The third kappa shape index (κ3) is 5.38. The molecule has 1 saturated heterocycles. The molecule has 156 valence electrons. The normalized spacial score (nSPS) is 14.6. The minimum atomic E-state index is -3.77. The third-order valence-electron chi connectivity index (χ3n) is 5.42. The molecule has 3 rings (SSSR count). The van der Waals surface area contributed by atoms with Crippen molar-refractivity contribution in [3.8, 4) is 0 Å². The highest BCUT2D eigenvalue weighted by atomic mass is 32.2. The summed E-state index contributed by atoms with van der Waals surface area (Å²) in [7, 11) is -3.77. The largest absolute Gasteiger partial charge is 0.339 e.